The minimum absolute atomic E-state index is 0.170. The van der Waals surface area contributed by atoms with Crippen LogP contribution in [0.15, 0.2) is 12.3 Å². The maximum absolute atomic E-state index is 12.1. The van der Waals surface area contributed by atoms with E-state index in [1.807, 2.05) is 0 Å². The molecule has 1 unspecified atom stereocenters. The highest BCUT2D eigenvalue weighted by molar-refractivity contribution is 6.35. The molecule has 1 aromatic rings. The zero-order valence-electron chi connectivity index (χ0n) is 10.2. The van der Waals surface area contributed by atoms with Crippen molar-refractivity contribution in [3.05, 3.63) is 28.0 Å². The average molecular weight is 287 g/mol. The van der Waals surface area contributed by atoms with Crippen molar-refractivity contribution in [2.45, 2.75) is 38.6 Å². The first-order chi connectivity index (χ1) is 8.60. The molecule has 0 bridgehead atoms. The van der Waals surface area contributed by atoms with Gasteiger partial charge in [-0.15, -0.1) is 0 Å². The van der Waals surface area contributed by atoms with E-state index in [2.05, 4.69) is 17.2 Å². The number of carbonyl (C=O) groups excluding carboxylic acids is 1. The van der Waals surface area contributed by atoms with E-state index in [1.165, 1.54) is 25.1 Å². The number of hydrogen-bond acceptors (Lipinski definition) is 2. The lowest BCUT2D eigenvalue weighted by atomic mass is 10.1. The molecular weight excluding hydrogens is 271 g/mol. The van der Waals surface area contributed by atoms with Crippen molar-refractivity contribution in [1.82, 2.24) is 10.3 Å². The van der Waals surface area contributed by atoms with Crippen LogP contribution < -0.4 is 5.32 Å². The molecule has 3 nitrogen and oxygen atoms in total. The highest BCUT2D eigenvalue weighted by Crippen LogP contribution is 2.34. The smallest absolute Gasteiger partial charge is 0.253 e. The molecule has 1 amide bonds. The third-order valence-electron chi connectivity index (χ3n) is 3.21. The monoisotopic (exact) mass is 286 g/mol. The molecule has 0 radical (unpaired) electrons. The van der Waals surface area contributed by atoms with Gasteiger partial charge < -0.3 is 5.32 Å². The van der Waals surface area contributed by atoms with Gasteiger partial charge in [-0.3, -0.25) is 4.79 Å². The van der Waals surface area contributed by atoms with Gasteiger partial charge in [-0.1, -0.05) is 43.0 Å². The van der Waals surface area contributed by atoms with Crippen molar-refractivity contribution in [3.63, 3.8) is 0 Å². The second-order valence-corrected chi connectivity index (χ2v) is 5.54. The summed E-state index contributed by atoms with van der Waals surface area (Å²) in [4.78, 5) is 15.9. The van der Waals surface area contributed by atoms with Crippen molar-refractivity contribution < 1.29 is 4.79 Å². The van der Waals surface area contributed by atoms with Crippen LogP contribution in [0.4, 0.5) is 0 Å². The molecule has 1 atom stereocenters. The lowest BCUT2D eigenvalue weighted by Crippen LogP contribution is -2.35. The van der Waals surface area contributed by atoms with Crippen LogP contribution in [0, 0.1) is 5.92 Å². The van der Waals surface area contributed by atoms with Gasteiger partial charge in [-0.2, -0.15) is 0 Å². The van der Waals surface area contributed by atoms with E-state index >= 15 is 0 Å². The Balaban J connectivity index is 2.02. The van der Waals surface area contributed by atoms with E-state index in [0.29, 0.717) is 10.6 Å². The number of amides is 1. The molecular formula is C13H16Cl2N2O. The third-order valence-corrected chi connectivity index (χ3v) is 3.72. The van der Waals surface area contributed by atoms with Gasteiger partial charge in [0.05, 0.1) is 10.6 Å². The molecule has 1 aliphatic rings. The Morgan fingerprint density at radius 1 is 1.56 bits per heavy atom. The van der Waals surface area contributed by atoms with Crippen LogP contribution in [-0.4, -0.2) is 16.9 Å². The lowest BCUT2D eigenvalue weighted by molar-refractivity contribution is 0.0932. The Morgan fingerprint density at radius 3 is 2.89 bits per heavy atom. The summed E-state index contributed by atoms with van der Waals surface area (Å²) in [6.07, 6.45) is 5.96. The predicted molar refractivity (Wildman–Crippen MR) is 73.1 cm³/mol. The van der Waals surface area contributed by atoms with Crippen LogP contribution in [0.1, 0.15) is 43.0 Å². The summed E-state index contributed by atoms with van der Waals surface area (Å²) < 4.78 is 0. The summed E-state index contributed by atoms with van der Waals surface area (Å²) in [5.74, 6) is 0.614. The fraction of sp³-hybridized carbons (Fsp3) is 0.538. The van der Waals surface area contributed by atoms with Crippen LogP contribution in [0.3, 0.4) is 0 Å². The van der Waals surface area contributed by atoms with Crippen molar-refractivity contribution in [2.75, 3.05) is 0 Å². The maximum Gasteiger partial charge on any atom is 0.253 e. The number of rotatable bonds is 5. The van der Waals surface area contributed by atoms with E-state index < -0.39 is 0 Å². The van der Waals surface area contributed by atoms with Crippen LogP contribution in [-0.2, 0) is 0 Å². The van der Waals surface area contributed by atoms with Crippen LogP contribution in [0.25, 0.3) is 0 Å². The first-order valence-electron chi connectivity index (χ1n) is 6.22. The first kappa shape index (κ1) is 13.6. The van der Waals surface area contributed by atoms with Crippen LogP contribution in [0.2, 0.25) is 10.2 Å². The number of halogens is 2. The normalized spacial score (nSPS) is 16.4. The Kier molecular flexibility index (Phi) is 4.46. The Morgan fingerprint density at radius 2 is 2.28 bits per heavy atom. The number of aromatic nitrogens is 1. The minimum atomic E-state index is -0.170. The van der Waals surface area contributed by atoms with Crippen molar-refractivity contribution in [2.24, 2.45) is 5.92 Å². The molecule has 0 spiro atoms. The van der Waals surface area contributed by atoms with Gasteiger partial charge in [-0.25, -0.2) is 4.98 Å². The highest BCUT2D eigenvalue weighted by Gasteiger charge is 2.26. The summed E-state index contributed by atoms with van der Waals surface area (Å²) >= 11 is 11.7. The molecule has 1 fully saturated rings. The van der Waals surface area contributed by atoms with Gasteiger partial charge >= 0.3 is 0 Å². The van der Waals surface area contributed by atoms with Gasteiger partial charge in [0, 0.05) is 12.2 Å². The molecule has 0 saturated heterocycles. The maximum atomic E-state index is 12.1. The molecule has 1 aromatic heterocycles. The van der Waals surface area contributed by atoms with Gasteiger partial charge in [0.15, 0.2) is 0 Å². The largest absolute Gasteiger partial charge is 0.349 e. The summed E-state index contributed by atoms with van der Waals surface area (Å²) in [6.45, 7) is 2.08. The van der Waals surface area contributed by atoms with Crippen molar-refractivity contribution >= 4 is 29.1 Å². The molecule has 18 heavy (non-hydrogen) atoms. The van der Waals surface area contributed by atoms with E-state index in [-0.39, 0.29) is 17.1 Å². The molecule has 1 aliphatic carbocycles. The summed E-state index contributed by atoms with van der Waals surface area (Å²) in [6, 6.07) is 1.72. The molecule has 0 aliphatic heterocycles. The van der Waals surface area contributed by atoms with E-state index in [1.54, 1.807) is 0 Å². The fourth-order valence-electron chi connectivity index (χ4n) is 1.93. The SMILES string of the molecule is CCC(CC1CC1)NC(=O)c1cc(Cl)ncc1Cl. The van der Waals surface area contributed by atoms with Gasteiger partial charge in [0.2, 0.25) is 0 Å². The molecule has 98 valence electrons. The van der Waals surface area contributed by atoms with E-state index in [0.717, 1.165) is 18.8 Å². The summed E-state index contributed by atoms with van der Waals surface area (Å²) in [5.41, 5.74) is 0.394. The molecule has 0 aromatic carbocycles. The summed E-state index contributed by atoms with van der Waals surface area (Å²) in [7, 11) is 0. The number of carbonyl (C=O) groups is 1. The van der Waals surface area contributed by atoms with Crippen molar-refractivity contribution in [1.29, 1.82) is 0 Å². The van der Waals surface area contributed by atoms with E-state index in [4.69, 9.17) is 23.2 Å². The molecule has 1 N–H and O–H groups in total. The van der Waals surface area contributed by atoms with E-state index in [9.17, 15) is 4.79 Å². The zero-order chi connectivity index (χ0) is 13.1. The average Bonchev–Trinajstić information content (AvgIpc) is 3.15. The van der Waals surface area contributed by atoms with Gasteiger partial charge in [0.25, 0.3) is 5.91 Å². The van der Waals surface area contributed by atoms with Crippen molar-refractivity contribution in [3.8, 4) is 0 Å². The number of nitrogens with one attached hydrogen (secondary N) is 1. The second kappa shape index (κ2) is 5.89. The minimum Gasteiger partial charge on any atom is -0.349 e. The van der Waals surface area contributed by atoms with Crippen LogP contribution in [0.5, 0.6) is 0 Å². The molecule has 5 heteroatoms. The molecule has 2 rings (SSSR count). The number of hydrogen-bond donors (Lipinski definition) is 1. The summed E-state index contributed by atoms with van der Waals surface area (Å²) in [5, 5.41) is 3.62. The van der Waals surface area contributed by atoms with Crippen LogP contribution >= 0.6 is 23.2 Å². The lowest BCUT2D eigenvalue weighted by Gasteiger charge is -2.17. The number of pyridine rings is 1. The first-order valence-corrected chi connectivity index (χ1v) is 6.97. The van der Waals surface area contributed by atoms with Gasteiger partial charge in [-0.05, 0) is 24.8 Å². The quantitative estimate of drug-likeness (QED) is 0.839. The molecule has 1 heterocycles. The molecule has 1 saturated carbocycles. The zero-order valence-corrected chi connectivity index (χ0v) is 11.8. The Hall–Kier alpha value is -0.800. The topological polar surface area (TPSA) is 42.0 Å². The predicted octanol–water partition coefficient (Wildman–Crippen LogP) is 3.70. The van der Waals surface area contributed by atoms with Gasteiger partial charge in [0.1, 0.15) is 5.15 Å². The third kappa shape index (κ3) is 3.59. The Bertz CT molecular complexity index is 447. The number of nitrogens with zero attached hydrogens (tertiary/aromatic N) is 1. The second-order valence-electron chi connectivity index (χ2n) is 4.74. The fourth-order valence-corrected chi connectivity index (χ4v) is 2.28. The highest BCUT2D eigenvalue weighted by atomic mass is 35.5. The Labute approximate surface area is 117 Å². The standard InChI is InChI=1S/C13H16Cl2N2O/c1-2-9(5-8-3-4-8)17-13(18)10-6-12(15)16-7-11(10)14/h6-9H,2-5H2,1H3,(H,17,18).